The Morgan fingerprint density at radius 1 is 0.897 bits per heavy atom. The number of piperazine rings is 1. The van der Waals surface area contributed by atoms with Crippen molar-refractivity contribution in [3.63, 3.8) is 0 Å². The number of carbonyl (C=O) groups is 1. The van der Waals surface area contributed by atoms with Crippen molar-refractivity contribution in [3.05, 3.63) is 70.8 Å². The molecular formula is C25H32N2O2. The van der Waals surface area contributed by atoms with E-state index >= 15 is 0 Å². The minimum absolute atomic E-state index is 0.187. The van der Waals surface area contributed by atoms with Gasteiger partial charge in [-0.3, -0.25) is 4.90 Å². The molecule has 1 saturated heterocycles. The second-order valence-electron chi connectivity index (χ2n) is 8.12. The molecule has 0 N–H and O–H groups in total. The molecule has 1 unspecified atom stereocenters. The van der Waals surface area contributed by atoms with Gasteiger partial charge < -0.3 is 9.64 Å². The Kier molecular flexibility index (Phi) is 6.50. The third-order valence-corrected chi connectivity index (χ3v) is 6.26. The van der Waals surface area contributed by atoms with Crippen LogP contribution in [0.2, 0.25) is 0 Å². The maximum absolute atomic E-state index is 12.1. The van der Waals surface area contributed by atoms with E-state index in [9.17, 15) is 4.79 Å². The smallest absolute Gasteiger partial charge is 0.409 e. The molecule has 1 aliphatic heterocycles. The number of ether oxygens (including phenoxy) is 1. The number of benzene rings is 2. The Bertz CT molecular complexity index is 813. The van der Waals surface area contributed by atoms with Crippen molar-refractivity contribution in [1.29, 1.82) is 0 Å². The molecule has 0 spiro atoms. The molecule has 0 saturated carbocycles. The molecule has 1 aliphatic carbocycles. The highest BCUT2D eigenvalue weighted by atomic mass is 16.6. The Morgan fingerprint density at radius 2 is 1.62 bits per heavy atom. The molecule has 29 heavy (non-hydrogen) atoms. The summed E-state index contributed by atoms with van der Waals surface area (Å²) in [6.45, 7) is 5.43. The van der Waals surface area contributed by atoms with Crippen LogP contribution < -0.4 is 0 Å². The first kappa shape index (κ1) is 20.0. The van der Waals surface area contributed by atoms with Gasteiger partial charge in [0.05, 0.1) is 12.6 Å². The first-order chi connectivity index (χ1) is 14.3. The maximum Gasteiger partial charge on any atom is 0.409 e. The molecule has 2 aromatic carbocycles. The summed E-state index contributed by atoms with van der Waals surface area (Å²) in [5.41, 5.74) is 5.77. The summed E-state index contributed by atoms with van der Waals surface area (Å²) >= 11 is 0. The van der Waals surface area contributed by atoms with Crippen LogP contribution in [0.3, 0.4) is 0 Å². The lowest BCUT2D eigenvalue weighted by molar-refractivity contribution is 0.0715. The van der Waals surface area contributed by atoms with E-state index in [0.717, 1.165) is 13.1 Å². The van der Waals surface area contributed by atoms with E-state index in [1.54, 1.807) is 0 Å². The van der Waals surface area contributed by atoms with Crippen LogP contribution in [0.1, 0.15) is 54.5 Å². The summed E-state index contributed by atoms with van der Waals surface area (Å²) in [6.07, 6.45) is 6.16. The van der Waals surface area contributed by atoms with Gasteiger partial charge in [0.15, 0.2) is 0 Å². The number of hydrogen-bond acceptors (Lipinski definition) is 3. The number of rotatable bonds is 4. The fraction of sp³-hybridized carbons (Fsp3) is 0.480. The van der Waals surface area contributed by atoms with E-state index < -0.39 is 0 Å². The Labute approximate surface area is 174 Å². The fourth-order valence-corrected chi connectivity index (χ4v) is 4.73. The number of amides is 1. The average molecular weight is 393 g/mol. The number of fused-ring (bicyclic) bond motifs is 1. The largest absolute Gasteiger partial charge is 0.450 e. The van der Waals surface area contributed by atoms with Crippen LogP contribution in [-0.2, 0) is 17.6 Å². The first-order valence-electron chi connectivity index (χ1n) is 11.1. The molecule has 0 bridgehead atoms. The molecule has 4 nitrogen and oxygen atoms in total. The van der Waals surface area contributed by atoms with Gasteiger partial charge in [-0.25, -0.2) is 4.79 Å². The van der Waals surface area contributed by atoms with E-state index in [0.29, 0.717) is 19.7 Å². The van der Waals surface area contributed by atoms with Crippen molar-refractivity contribution < 1.29 is 9.53 Å². The normalized spacial score (nSPS) is 18.6. The van der Waals surface area contributed by atoms with Crippen LogP contribution in [0.4, 0.5) is 4.79 Å². The van der Waals surface area contributed by atoms with Crippen molar-refractivity contribution in [1.82, 2.24) is 9.80 Å². The van der Waals surface area contributed by atoms with Gasteiger partial charge in [0, 0.05) is 26.2 Å². The van der Waals surface area contributed by atoms with E-state index in [4.69, 9.17) is 4.74 Å². The molecule has 0 aromatic heterocycles. The molecule has 1 heterocycles. The third-order valence-electron chi connectivity index (χ3n) is 6.26. The van der Waals surface area contributed by atoms with Crippen molar-refractivity contribution in [3.8, 4) is 0 Å². The zero-order chi connectivity index (χ0) is 20.1. The van der Waals surface area contributed by atoms with E-state index in [-0.39, 0.29) is 12.1 Å². The third kappa shape index (κ3) is 4.64. The van der Waals surface area contributed by atoms with E-state index in [2.05, 4.69) is 53.4 Å². The lowest BCUT2D eigenvalue weighted by Crippen LogP contribution is -2.50. The molecule has 2 aromatic rings. The van der Waals surface area contributed by atoms with Crippen LogP contribution in [0.15, 0.2) is 48.5 Å². The molecule has 154 valence electrons. The highest BCUT2D eigenvalue weighted by Crippen LogP contribution is 2.32. The number of nitrogens with zero attached hydrogens (tertiary/aromatic N) is 2. The van der Waals surface area contributed by atoms with Crippen LogP contribution in [0.25, 0.3) is 0 Å². The molecule has 1 fully saturated rings. The number of aryl methyl sites for hydroxylation is 2. The molecule has 4 heteroatoms. The average Bonchev–Trinajstić information content (AvgIpc) is 3.00. The van der Waals surface area contributed by atoms with Gasteiger partial charge in [-0.15, -0.1) is 0 Å². The maximum atomic E-state index is 12.1. The van der Waals surface area contributed by atoms with Crippen LogP contribution in [0.5, 0.6) is 0 Å². The number of hydrogen-bond donors (Lipinski definition) is 0. The molecule has 1 amide bonds. The van der Waals surface area contributed by atoms with E-state index in [1.165, 1.54) is 54.4 Å². The minimum atomic E-state index is -0.187. The highest BCUT2D eigenvalue weighted by Gasteiger charge is 2.29. The van der Waals surface area contributed by atoms with E-state index in [1.807, 2.05) is 11.8 Å². The summed E-state index contributed by atoms with van der Waals surface area (Å²) in [5.74, 6) is 0. The quantitative estimate of drug-likeness (QED) is 0.700. The van der Waals surface area contributed by atoms with Crippen LogP contribution in [-0.4, -0.2) is 48.7 Å². The Hall–Kier alpha value is -2.33. The second-order valence-corrected chi connectivity index (χ2v) is 8.12. The molecule has 1 atom stereocenters. The fourth-order valence-electron chi connectivity index (χ4n) is 4.73. The van der Waals surface area contributed by atoms with Crippen molar-refractivity contribution in [2.24, 2.45) is 0 Å². The van der Waals surface area contributed by atoms with Gasteiger partial charge in [-0.1, -0.05) is 55.0 Å². The first-order valence-corrected chi connectivity index (χ1v) is 11.1. The van der Waals surface area contributed by atoms with Gasteiger partial charge in [0.25, 0.3) is 0 Å². The summed E-state index contributed by atoms with van der Waals surface area (Å²) in [5, 5.41) is 0. The predicted octanol–water partition coefficient (Wildman–Crippen LogP) is 4.82. The molecule has 4 rings (SSSR count). The standard InChI is InChI=1S/C25H32N2O2/c1-2-29-25(28)27-17-15-26(16-18-27)24(21-10-6-4-7-11-21)23-14-13-20-9-5-3-8-12-22(20)19-23/h4,6-7,10-11,13-14,19,24H,2-3,5,8-9,12,15-18H2,1H3. The van der Waals surface area contributed by atoms with Gasteiger partial charge in [-0.05, 0) is 54.9 Å². The lowest BCUT2D eigenvalue weighted by atomic mass is 9.92. The van der Waals surface area contributed by atoms with Crippen molar-refractivity contribution in [2.75, 3.05) is 32.8 Å². The van der Waals surface area contributed by atoms with Crippen molar-refractivity contribution >= 4 is 6.09 Å². The van der Waals surface area contributed by atoms with Gasteiger partial charge in [-0.2, -0.15) is 0 Å². The van der Waals surface area contributed by atoms with Gasteiger partial charge >= 0.3 is 6.09 Å². The Balaban J connectivity index is 1.59. The van der Waals surface area contributed by atoms with Crippen molar-refractivity contribution in [2.45, 2.75) is 45.1 Å². The van der Waals surface area contributed by atoms with Gasteiger partial charge in [0.2, 0.25) is 0 Å². The topological polar surface area (TPSA) is 32.8 Å². The van der Waals surface area contributed by atoms with Crippen LogP contribution in [0, 0.1) is 0 Å². The zero-order valence-corrected chi connectivity index (χ0v) is 17.5. The van der Waals surface area contributed by atoms with Crippen LogP contribution >= 0.6 is 0 Å². The lowest BCUT2D eigenvalue weighted by Gasteiger charge is -2.39. The zero-order valence-electron chi connectivity index (χ0n) is 17.5. The summed E-state index contributed by atoms with van der Waals surface area (Å²) in [7, 11) is 0. The second kappa shape index (κ2) is 9.45. The van der Waals surface area contributed by atoms with Gasteiger partial charge in [0.1, 0.15) is 0 Å². The molecule has 0 radical (unpaired) electrons. The molecule has 2 aliphatic rings. The Morgan fingerprint density at radius 3 is 2.34 bits per heavy atom. The molecular weight excluding hydrogens is 360 g/mol. The summed E-state index contributed by atoms with van der Waals surface area (Å²) < 4.78 is 5.19. The number of carbonyl (C=O) groups excluding carboxylic acids is 1. The monoisotopic (exact) mass is 392 g/mol. The SMILES string of the molecule is CCOC(=O)N1CCN(C(c2ccccc2)c2ccc3c(c2)CCCCC3)CC1. The minimum Gasteiger partial charge on any atom is -0.450 e. The summed E-state index contributed by atoms with van der Waals surface area (Å²) in [4.78, 5) is 16.4. The highest BCUT2D eigenvalue weighted by molar-refractivity contribution is 5.67. The summed E-state index contributed by atoms with van der Waals surface area (Å²) in [6, 6.07) is 18.2. The predicted molar refractivity (Wildman–Crippen MR) is 116 cm³/mol.